The van der Waals surface area contributed by atoms with Gasteiger partial charge >= 0.3 is 14.2 Å². The monoisotopic (exact) mass is 400 g/mol. The summed E-state index contributed by atoms with van der Waals surface area (Å²) in [6.45, 7) is 23.3. The van der Waals surface area contributed by atoms with Gasteiger partial charge in [0.1, 0.15) is 0 Å². The van der Waals surface area contributed by atoms with Gasteiger partial charge in [0.15, 0.2) is 0 Å². The van der Waals surface area contributed by atoms with Gasteiger partial charge in [-0.05, 0) is 80.7 Å². The maximum absolute atomic E-state index is 6.50. The average molecular weight is 400 g/mol. The van der Waals surface area contributed by atoms with E-state index < -0.39 is 36.6 Å². The van der Waals surface area contributed by atoms with Crippen molar-refractivity contribution >= 4 is 14.2 Å². The van der Waals surface area contributed by atoms with Crippen LogP contribution in [0.15, 0.2) is 18.2 Å². The van der Waals surface area contributed by atoms with Gasteiger partial charge in [-0.25, -0.2) is 0 Å². The molecule has 1 atom stereocenters. The molecule has 4 nitrogen and oxygen atoms in total. The molecule has 0 N–H and O–H groups in total. The van der Waals surface area contributed by atoms with Crippen LogP contribution < -0.4 is 0 Å². The standard InChI is InChI=1S/C23H38B2O4/c1-15-12-16(2)14-18(13-15)17(3)19(24-26-20(4,5)21(6,7)27-24)25-28-22(8,9)23(10,11)29-25/h12-14,17,19H,1-11H3/t17-/m0/s1. The zero-order valence-corrected chi connectivity index (χ0v) is 20.2. The fraction of sp³-hybridized carbons (Fsp3) is 0.739. The summed E-state index contributed by atoms with van der Waals surface area (Å²) in [5.41, 5.74) is 2.07. The first-order valence-electron chi connectivity index (χ1n) is 10.9. The Bertz CT molecular complexity index is 684. The van der Waals surface area contributed by atoms with E-state index in [-0.39, 0.29) is 11.6 Å². The average Bonchev–Trinajstić information content (AvgIpc) is 2.85. The molecule has 0 aliphatic carbocycles. The van der Waals surface area contributed by atoms with E-state index in [1.807, 2.05) is 0 Å². The summed E-state index contributed by atoms with van der Waals surface area (Å²) in [6, 6.07) is 6.71. The molecule has 0 radical (unpaired) electrons. The number of hydrogen-bond acceptors (Lipinski definition) is 4. The van der Waals surface area contributed by atoms with Crippen LogP contribution in [0.4, 0.5) is 0 Å². The molecule has 6 heteroatoms. The Morgan fingerprint density at radius 3 is 1.24 bits per heavy atom. The zero-order valence-electron chi connectivity index (χ0n) is 20.2. The highest BCUT2D eigenvalue weighted by Crippen LogP contribution is 2.49. The van der Waals surface area contributed by atoms with Gasteiger partial charge in [0, 0.05) is 5.72 Å². The molecule has 2 fully saturated rings. The van der Waals surface area contributed by atoms with Crippen LogP contribution in [0.25, 0.3) is 0 Å². The molecule has 2 aliphatic heterocycles. The van der Waals surface area contributed by atoms with Crippen LogP contribution in [0.2, 0.25) is 5.72 Å². The summed E-state index contributed by atoms with van der Waals surface area (Å²) in [4.78, 5) is 0. The third-order valence-corrected chi connectivity index (χ3v) is 7.52. The van der Waals surface area contributed by atoms with Crippen molar-refractivity contribution in [3.05, 3.63) is 34.9 Å². The van der Waals surface area contributed by atoms with E-state index in [4.69, 9.17) is 18.6 Å². The van der Waals surface area contributed by atoms with Crippen molar-refractivity contribution in [1.29, 1.82) is 0 Å². The largest absolute Gasteiger partial charge is 0.459 e. The minimum atomic E-state index is -0.412. The van der Waals surface area contributed by atoms with Gasteiger partial charge < -0.3 is 18.6 Å². The van der Waals surface area contributed by atoms with Crippen molar-refractivity contribution in [3.8, 4) is 0 Å². The molecule has 0 aromatic heterocycles. The number of aryl methyl sites for hydroxylation is 2. The minimum absolute atomic E-state index is 0.0988. The lowest BCUT2D eigenvalue weighted by Crippen LogP contribution is -2.41. The maximum atomic E-state index is 6.50. The normalized spacial score (nSPS) is 25.7. The van der Waals surface area contributed by atoms with Gasteiger partial charge in [0.05, 0.1) is 22.4 Å². The van der Waals surface area contributed by atoms with Crippen molar-refractivity contribution in [2.45, 2.75) is 110 Å². The van der Waals surface area contributed by atoms with Crippen molar-refractivity contribution in [2.75, 3.05) is 0 Å². The van der Waals surface area contributed by atoms with E-state index in [0.717, 1.165) is 0 Å². The van der Waals surface area contributed by atoms with E-state index in [1.165, 1.54) is 16.7 Å². The second-order valence-electron chi connectivity index (χ2n) is 11.0. The molecule has 2 aliphatic rings. The van der Waals surface area contributed by atoms with Crippen LogP contribution in [0, 0.1) is 13.8 Å². The fourth-order valence-electron chi connectivity index (χ4n) is 4.19. The van der Waals surface area contributed by atoms with Gasteiger partial charge in [-0.15, -0.1) is 0 Å². The molecular weight excluding hydrogens is 362 g/mol. The van der Waals surface area contributed by atoms with Crippen molar-refractivity contribution in [2.24, 2.45) is 0 Å². The Morgan fingerprint density at radius 2 is 0.931 bits per heavy atom. The second-order valence-corrected chi connectivity index (χ2v) is 11.0. The molecule has 1 aromatic rings. The van der Waals surface area contributed by atoms with Crippen LogP contribution in [-0.2, 0) is 18.6 Å². The molecule has 1 aromatic carbocycles. The SMILES string of the molecule is Cc1cc(C)cc([C@H](C)C(B2OC(C)(C)C(C)(C)O2)B2OC(C)(C)C(C)(C)O2)c1. The lowest BCUT2D eigenvalue weighted by atomic mass is 9.46. The van der Waals surface area contributed by atoms with E-state index in [2.05, 4.69) is 94.4 Å². The number of benzene rings is 1. The highest BCUT2D eigenvalue weighted by molar-refractivity contribution is 6.68. The fourth-order valence-corrected chi connectivity index (χ4v) is 4.19. The van der Waals surface area contributed by atoms with Gasteiger partial charge in [0.2, 0.25) is 0 Å². The highest BCUT2D eigenvalue weighted by atomic mass is 16.7. The van der Waals surface area contributed by atoms with E-state index >= 15 is 0 Å². The topological polar surface area (TPSA) is 36.9 Å². The number of rotatable bonds is 4. The van der Waals surface area contributed by atoms with Gasteiger partial charge in [-0.2, -0.15) is 0 Å². The summed E-state index contributed by atoms with van der Waals surface area (Å²) in [6.07, 6.45) is 0. The molecule has 2 heterocycles. The van der Waals surface area contributed by atoms with Crippen LogP contribution in [0.1, 0.15) is 84.9 Å². The highest BCUT2D eigenvalue weighted by Gasteiger charge is 2.63. The van der Waals surface area contributed by atoms with Crippen LogP contribution in [0.5, 0.6) is 0 Å². The van der Waals surface area contributed by atoms with Gasteiger partial charge in [0.25, 0.3) is 0 Å². The van der Waals surface area contributed by atoms with Crippen molar-refractivity contribution < 1.29 is 18.6 Å². The van der Waals surface area contributed by atoms with E-state index in [1.54, 1.807) is 0 Å². The van der Waals surface area contributed by atoms with Crippen LogP contribution in [0.3, 0.4) is 0 Å². The summed E-state index contributed by atoms with van der Waals surface area (Å²) in [7, 11) is -0.823. The summed E-state index contributed by atoms with van der Waals surface area (Å²) < 4.78 is 26.0. The Hall–Kier alpha value is -0.810. The Labute approximate surface area is 178 Å². The Balaban J connectivity index is 2.01. The molecule has 0 saturated carbocycles. The van der Waals surface area contributed by atoms with Gasteiger partial charge in [-0.3, -0.25) is 0 Å². The number of hydrogen-bond donors (Lipinski definition) is 0. The molecule has 0 unspecified atom stereocenters. The Kier molecular flexibility index (Phi) is 5.61. The molecular formula is C23H38B2O4. The first-order valence-corrected chi connectivity index (χ1v) is 10.9. The third-order valence-electron chi connectivity index (χ3n) is 7.52. The third kappa shape index (κ3) is 4.06. The van der Waals surface area contributed by atoms with Gasteiger partial charge in [-0.1, -0.05) is 36.2 Å². The quantitative estimate of drug-likeness (QED) is 0.626. The first-order chi connectivity index (χ1) is 13.1. The minimum Gasteiger partial charge on any atom is -0.403 e. The lowest BCUT2D eigenvalue weighted by molar-refractivity contribution is 0.00578. The summed E-state index contributed by atoms with van der Waals surface area (Å²) in [5.74, 6) is 0.137. The predicted molar refractivity (Wildman–Crippen MR) is 120 cm³/mol. The zero-order chi connectivity index (χ0) is 22.0. The summed E-state index contributed by atoms with van der Waals surface area (Å²) >= 11 is 0. The van der Waals surface area contributed by atoms with Crippen molar-refractivity contribution in [3.63, 3.8) is 0 Å². The molecule has 29 heavy (non-hydrogen) atoms. The first kappa shape index (κ1) is 22.9. The molecule has 0 bridgehead atoms. The molecule has 2 saturated heterocycles. The van der Waals surface area contributed by atoms with E-state index in [9.17, 15) is 0 Å². The predicted octanol–water partition coefficient (Wildman–Crippen LogP) is 5.50. The van der Waals surface area contributed by atoms with Crippen molar-refractivity contribution in [1.82, 2.24) is 0 Å². The smallest absolute Gasteiger partial charge is 0.403 e. The molecule has 0 amide bonds. The maximum Gasteiger partial charge on any atom is 0.459 e. The summed E-state index contributed by atoms with van der Waals surface area (Å²) in [5, 5.41) is 0. The molecule has 0 spiro atoms. The van der Waals surface area contributed by atoms with E-state index in [0.29, 0.717) is 0 Å². The van der Waals surface area contributed by atoms with Crippen LogP contribution in [-0.4, -0.2) is 36.6 Å². The Morgan fingerprint density at radius 1 is 0.621 bits per heavy atom. The molecule has 3 rings (SSSR count). The van der Waals surface area contributed by atoms with Crippen LogP contribution >= 0.6 is 0 Å². The molecule has 160 valence electrons. The second kappa shape index (κ2) is 7.12. The lowest BCUT2D eigenvalue weighted by Gasteiger charge is -2.32.